The van der Waals surface area contributed by atoms with Gasteiger partial charge in [0.05, 0.1) is 17.5 Å². The molecule has 9 nitrogen and oxygen atoms in total. The number of hydrogen-bond donors (Lipinski definition) is 0. The van der Waals surface area contributed by atoms with Crippen molar-refractivity contribution in [2.24, 2.45) is 5.92 Å². The van der Waals surface area contributed by atoms with Crippen molar-refractivity contribution < 1.29 is 4.92 Å². The Hall–Kier alpha value is -2.85. The molecule has 10 heteroatoms. The zero-order valence-electron chi connectivity index (χ0n) is 17.1. The average Bonchev–Trinajstić information content (AvgIpc) is 3.42. The summed E-state index contributed by atoms with van der Waals surface area (Å²) in [5.41, 5.74) is 1.14. The topological polar surface area (TPSA) is 93.2 Å². The van der Waals surface area contributed by atoms with E-state index in [1.165, 1.54) is 4.88 Å². The van der Waals surface area contributed by atoms with Crippen LogP contribution in [0.2, 0.25) is 0 Å². The summed E-state index contributed by atoms with van der Waals surface area (Å²) in [4.78, 5) is 16.5. The average molecular weight is 428 g/mol. The summed E-state index contributed by atoms with van der Waals surface area (Å²) in [6.45, 7) is 8.57. The molecule has 1 aromatic carbocycles. The molecular weight excluding hydrogens is 402 g/mol. The van der Waals surface area contributed by atoms with E-state index < -0.39 is 0 Å². The molecule has 1 fully saturated rings. The summed E-state index contributed by atoms with van der Waals surface area (Å²) in [6.07, 6.45) is 0. The third-order valence-corrected chi connectivity index (χ3v) is 6.34. The predicted octanol–water partition coefficient (Wildman–Crippen LogP) is 3.21. The normalized spacial score (nSPS) is 16.2. The highest BCUT2D eigenvalue weighted by Crippen LogP contribution is 2.29. The second-order valence-electron chi connectivity index (χ2n) is 7.76. The lowest BCUT2D eigenvalue weighted by Crippen LogP contribution is -2.49. The summed E-state index contributed by atoms with van der Waals surface area (Å²) < 4.78 is 1.92. The Labute approximate surface area is 179 Å². The maximum absolute atomic E-state index is 10.9. The molecule has 0 unspecified atom stereocenters. The third kappa shape index (κ3) is 4.34. The number of anilines is 1. The van der Waals surface area contributed by atoms with E-state index in [1.54, 1.807) is 23.5 Å². The number of nitro groups is 1. The Morgan fingerprint density at radius 3 is 2.47 bits per heavy atom. The molecular formula is C20H25N7O2S. The fraction of sp³-hybridized carbons (Fsp3) is 0.450. The van der Waals surface area contributed by atoms with Gasteiger partial charge in [-0.2, -0.15) is 0 Å². The lowest BCUT2D eigenvalue weighted by Gasteiger charge is -2.41. The van der Waals surface area contributed by atoms with Gasteiger partial charge >= 0.3 is 0 Å². The summed E-state index contributed by atoms with van der Waals surface area (Å²) >= 11 is 1.71. The molecule has 0 bridgehead atoms. The standard InChI is InChI=1S/C20H25N7O2S/c1-15(2)19(20-21-22-23-26(20)14-18-4-3-13-30-18)25-11-9-24(10-12-25)16-5-7-17(8-6-16)27(28)29/h3-8,13,15,19H,9-12,14H2,1-2H3/t19-/m1/s1. The minimum atomic E-state index is -0.366. The number of non-ortho nitro benzene ring substituents is 1. The first-order chi connectivity index (χ1) is 14.5. The van der Waals surface area contributed by atoms with Gasteiger partial charge in [-0.3, -0.25) is 15.0 Å². The van der Waals surface area contributed by atoms with Gasteiger partial charge in [-0.15, -0.1) is 16.4 Å². The molecule has 30 heavy (non-hydrogen) atoms. The number of piperazine rings is 1. The van der Waals surface area contributed by atoms with Crippen LogP contribution in [-0.4, -0.2) is 56.2 Å². The number of tetrazole rings is 1. The Morgan fingerprint density at radius 1 is 1.13 bits per heavy atom. The van der Waals surface area contributed by atoms with Gasteiger partial charge in [0, 0.05) is 48.9 Å². The van der Waals surface area contributed by atoms with Crippen molar-refractivity contribution in [2.75, 3.05) is 31.1 Å². The van der Waals surface area contributed by atoms with Gasteiger partial charge in [0.2, 0.25) is 0 Å². The zero-order chi connectivity index (χ0) is 21.1. The number of thiophene rings is 1. The number of rotatable bonds is 7. The zero-order valence-corrected chi connectivity index (χ0v) is 17.9. The van der Waals surface area contributed by atoms with E-state index in [2.05, 4.69) is 50.6 Å². The lowest BCUT2D eigenvalue weighted by molar-refractivity contribution is -0.384. The number of aromatic nitrogens is 4. The van der Waals surface area contributed by atoms with Crippen molar-refractivity contribution in [2.45, 2.75) is 26.4 Å². The minimum absolute atomic E-state index is 0.120. The van der Waals surface area contributed by atoms with Crippen LogP contribution in [0.3, 0.4) is 0 Å². The van der Waals surface area contributed by atoms with Crippen LogP contribution in [-0.2, 0) is 6.54 Å². The molecule has 0 aliphatic carbocycles. The molecule has 0 saturated carbocycles. The second kappa shape index (κ2) is 8.88. The van der Waals surface area contributed by atoms with E-state index in [9.17, 15) is 10.1 Å². The maximum Gasteiger partial charge on any atom is 0.269 e. The molecule has 1 atom stereocenters. The first-order valence-corrected chi connectivity index (χ1v) is 10.9. The Bertz CT molecular complexity index is 963. The highest BCUT2D eigenvalue weighted by Gasteiger charge is 2.31. The monoisotopic (exact) mass is 427 g/mol. The number of nitro benzene ring substituents is 1. The van der Waals surface area contributed by atoms with E-state index in [0.29, 0.717) is 12.5 Å². The van der Waals surface area contributed by atoms with Crippen molar-refractivity contribution in [3.8, 4) is 0 Å². The first kappa shape index (κ1) is 20.4. The maximum atomic E-state index is 10.9. The van der Waals surface area contributed by atoms with Crippen molar-refractivity contribution in [1.82, 2.24) is 25.1 Å². The van der Waals surface area contributed by atoms with Gasteiger partial charge in [0.1, 0.15) is 0 Å². The summed E-state index contributed by atoms with van der Waals surface area (Å²) in [6, 6.07) is 11.1. The molecule has 0 amide bonds. The highest BCUT2D eigenvalue weighted by atomic mass is 32.1. The van der Waals surface area contributed by atoms with Gasteiger partial charge < -0.3 is 4.90 Å². The molecule has 3 heterocycles. The van der Waals surface area contributed by atoms with Gasteiger partial charge in [0.15, 0.2) is 5.82 Å². The van der Waals surface area contributed by atoms with E-state index in [0.717, 1.165) is 37.7 Å². The third-order valence-electron chi connectivity index (χ3n) is 5.47. The van der Waals surface area contributed by atoms with Crippen LogP contribution in [0.15, 0.2) is 41.8 Å². The van der Waals surface area contributed by atoms with Crippen molar-refractivity contribution in [3.05, 3.63) is 62.6 Å². The summed E-state index contributed by atoms with van der Waals surface area (Å²) in [5, 5.41) is 25.5. The second-order valence-corrected chi connectivity index (χ2v) is 8.79. The SMILES string of the molecule is CC(C)[C@H](c1nnnn1Cc1cccs1)N1CCN(c2ccc([N+](=O)[O-])cc2)CC1. The fourth-order valence-electron chi connectivity index (χ4n) is 4.01. The smallest absolute Gasteiger partial charge is 0.269 e. The van der Waals surface area contributed by atoms with Gasteiger partial charge in [-0.1, -0.05) is 19.9 Å². The van der Waals surface area contributed by atoms with Crippen LogP contribution < -0.4 is 4.90 Å². The number of nitrogens with zero attached hydrogens (tertiary/aromatic N) is 7. The molecule has 1 aliphatic heterocycles. The van der Waals surface area contributed by atoms with Gasteiger partial charge in [-0.05, 0) is 39.9 Å². The molecule has 2 aromatic heterocycles. The Balaban J connectivity index is 1.46. The molecule has 1 aliphatic rings. The molecule has 0 radical (unpaired) electrons. The molecule has 4 rings (SSSR count). The first-order valence-electron chi connectivity index (χ1n) is 10.0. The lowest BCUT2D eigenvalue weighted by atomic mass is 10.0. The van der Waals surface area contributed by atoms with Crippen LogP contribution in [0.4, 0.5) is 11.4 Å². The number of benzene rings is 1. The van der Waals surface area contributed by atoms with E-state index in [-0.39, 0.29) is 16.7 Å². The van der Waals surface area contributed by atoms with Crippen LogP contribution in [0, 0.1) is 16.0 Å². The van der Waals surface area contributed by atoms with Crippen LogP contribution in [0.25, 0.3) is 0 Å². The van der Waals surface area contributed by atoms with Gasteiger partial charge in [0.25, 0.3) is 5.69 Å². The van der Waals surface area contributed by atoms with Crippen LogP contribution in [0.1, 0.15) is 30.6 Å². The summed E-state index contributed by atoms with van der Waals surface area (Å²) in [5.74, 6) is 1.27. The largest absolute Gasteiger partial charge is 0.369 e. The van der Waals surface area contributed by atoms with Crippen molar-refractivity contribution in [3.63, 3.8) is 0 Å². The Morgan fingerprint density at radius 2 is 1.87 bits per heavy atom. The summed E-state index contributed by atoms with van der Waals surface area (Å²) in [7, 11) is 0. The molecule has 158 valence electrons. The molecule has 3 aromatic rings. The minimum Gasteiger partial charge on any atom is -0.369 e. The highest BCUT2D eigenvalue weighted by molar-refractivity contribution is 7.09. The van der Waals surface area contributed by atoms with Crippen molar-refractivity contribution in [1.29, 1.82) is 0 Å². The fourth-order valence-corrected chi connectivity index (χ4v) is 4.70. The molecule has 0 spiro atoms. The Kier molecular flexibility index (Phi) is 6.05. The van der Waals surface area contributed by atoms with Crippen LogP contribution >= 0.6 is 11.3 Å². The molecule has 0 N–H and O–H groups in total. The number of hydrogen-bond acceptors (Lipinski definition) is 8. The van der Waals surface area contributed by atoms with E-state index >= 15 is 0 Å². The van der Waals surface area contributed by atoms with E-state index in [1.807, 2.05) is 22.9 Å². The van der Waals surface area contributed by atoms with Gasteiger partial charge in [-0.25, -0.2) is 4.68 Å². The van der Waals surface area contributed by atoms with Crippen LogP contribution in [0.5, 0.6) is 0 Å². The predicted molar refractivity (Wildman–Crippen MR) is 116 cm³/mol. The molecule has 1 saturated heterocycles. The van der Waals surface area contributed by atoms with Crippen molar-refractivity contribution >= 4 is 22.7 Å². The van der Waals surface area contributed by atoms with E-state index in [4.69, 9.17) is 0 Å². The quantitative estimate of drug-likeness (QED) is 0.422.